The number of thiophene rings is 1. The van der Waals surface area contributed by atoms with Crippen molar-refractivity contribution in [1.29, 1.82) is 0 Å². The highest BCUT2D eigenvalue weighted by atomic mass is 32.1. The van der Waals surface area contributed by atoms with E-state index >= 15 is 0 Å². The number of benzene rings is 1. The van der Waals surface area contributed by atoms with Crippen molar-refractivity contribution in [3.63, 3.8) is 0 Å². The van der Waals surface area contributed by atoms with Gasteiger partial charge < -0.3 is 19.7 Å². The van der Waals surface area contributed by atoms with Crippen LogP contribution in [0.15, 0.2) is 54.0 Å². The standard InChI is InChI=1S/C23H26N4O4S/c1-2-30-22(28)21-11-12-27(25-21)18-9-7-17(8-10-18)24-23(29)26(15-19-5-3-13-31-19)16-20-6-4-14-32-20/h4,6-12,14,19H,2-3,5,13,15-16H2,1H3,(H,24,29). The summed E-state index contributed by atoms with van der Waals surface area (Å²) in [6, 6.07) is 12.8. The summed E-state index contributed by atoms with van der Waals surface area (Å²) in [6.45, 7) is 3.92. The fourth-order valence-corrected chi connectivity index (χ4v) is 4.25. The molecule has 4 rings (SSSR count). The lowest BCUT2D eigenvalue weighted by molar-refractivity contribution is 0.0519. The van der Waals surface area contributed by atoms with E-state index in [1.165, 1.54) is 0 Å². The number of rotatable bonds is 8. The number of nitrogens with one attached hydrogen (secondary N) is 1. The summed E-state index contributed by atoms with van der Waals surface area (Å²) in [5.74, 6) is -0.452. The number of hydrogen-bond donors (Lipinski definition) is 1. The summed E-state index contributed by atoms with van der Waals surface area (Å²) in [4.78, 5) is 27.8. The fourth-order valence-electron chi connectivity index (χ4n) is 3.53. The maximum atomic E-state index is 13.0. The van der Waals surface area contributed by atoms with Crippen molar-refractivity contribution in [1.82, 2.24) is 14.7 Å². The first-order chi connectivity index (χ1) is 15.6. The molecule has 8 nitrogen and oxygen atoms in total. The molecule has 1 aromatic carbocycles. The summed E-state index contributed by atoms with van der Waals surface area (Å²) in [5, 5.41) is 9.24. The smallest absolute Gasteiger partial charge is 0.358 e. The zero-order chi connectivity index (χ0) is 22.3. The minimum atomic E-state index is -0.452. The van der Waals surface area contributed by atoms with Gasteiger partial charge >= 0.3 is 12.0 Å². The van der Waals surface area contributed by atoms with E-state index in [9.17, 15) is 9.59 Å². The molecule has 1 aliphatic rings. The molecule has 1 unspecified atom stereocenters. The second-order valence-electron chi connectivity index (χ2n) is 7.44. The van der Waals surface area contributed by atoms with Crippen LogP contribution in [0.3, 0.4) is 0 Å². The van der Waals surface area contributed by atoms with E-state index in [2.05, 4.69) is 10.4 Å². The van der Waals surface area contributed by atoms with Gasteiger partial charge in [-0.1, -0.05) is 6.07 Å². The van der Waals surface area contributed by atoms with Crippen molar-refractivity contribution in [2.24, 2.45) is 0 Å². The van der Waals surface area contributed by atoms with Gasteiger partial charge in [0.15, 0.2) is 5.69 Å². The Morgan fingerprint density at radius 3 is 2.81 bits per heavy atom. The Morgan fingerprint density at radius 2 is 2.12 bits per heavy atom. The van der Waals surface area contributed by atoms with Crippen molar-refractivity contribution in [2.45, 2.75) is 32.4 Å². The number of aromatic nitrogens is 2. The average Bonchev–Trinajstić information content (AvgIpc) is 3.57. The van der Waals surface area contributed by atoms with Crippen LogP contribution in [-0.2, 0) is 16.0 Å². The lowest BCUT2D eigenvalue weighted by Gasteiger charge is -2.25. The molecule has 0 bridgehead atoms. The lowest BCUT2D eigenvalue weighted by atomic mass is 10.2. The van der Waals surface area contributed by atoms with Gasteiger partial charge in [0, 0.05) is 29.9 Å². The highest BCUT2D eigenvalue weighted by Crippen LogP contribution is 2.19. The molecule has 2 amide bonds. The molecule has 1 saturated heterocycles. The number of nitrogens with zero attached hydrogens (tertiary/aromatic N) is 3. The van der Waals surface area contributed by atoms with E-state index in [0.29, 0.717) is 25.4 Å². The molecule has 1 aliphatic heterocycles. The summed E-state index contributed by atoms with van der Waals surface area (Å²) in [7, 11) is 0. The fraction of sp³-hybridized carbons (Fsp3) is 0.348. The quantitative estimate of drug-likeness (QED) is 0.512. The molecule has 0 spiro atoms. The third-order valence-electron chi connectivity index (χ3n) is 5.12. The largest absolute Gasteiger partial charge is 0.461 e. The molecule has 3 heterocycles. The van der Waals surface area contributed by atoms with Crippen LogP contribution in [0.1, 0.15) is 35.1 Å². The van der Waals surface area contributed by atoms with E-state index in [1.807, 2.05) is 41.8 Å². The Morgan fingerprint density at radius 1 is 1.28 bits per heavy atom. The highest BCUT2D eigenvalue weighted by Gasteiger charge is 2.23. The van der Waals surface area contributed by atoms with Crippen molar-refractivity contribution >= 4 is 29.0 Å². The molecular formula is C23H26N4O4S. The van der Waals surface area contributed by atoms with Gasteiger partial charge in [-0.05, 0) is 61.5 Å². The van der Waals surface area contributed by atoms with Crippen molar-refractivity contribution in [3.05, 3.63) is 64.6 Å². The molecule has 0 radical (unpaired) electrons. The summed E-state index contributed by atoms with van der Waals surface area (Å²) in [5.41, 5.74) is 1.70. The number of esters is 1. The van der Waals surface area contributed by atoms with Crippen LogP contribution in [0.4, 0.5) is 10.5 Å². The van der Waals surface area contributed by atoms with Gasteiger partial charge in [0.1, 0.15) is 0 Å². The number of ether oxygens (including phenoxy) is 2. The average molecular weight is 455 g/mol. The maximum Gasteiger partial charge on any atom is 0.358 e. The van der Waals surface area contributed by atoms with Crippen molar-refractivity contribution in [3.8, 4) is 5.69 Å². The Bertz CT molecular complexity index is 1030. The van der Waals surface area contributed by atoms with Gasteiger partial charge in [-0.2, -0.15) is 5.10 Å². The van der Waals surface area contributed by atoms with Crippen molar-refractivity contribution in [2.75, 3.05) is 25.1 Å². The SMILES string of the molecule is CCOC(=O)c1ccn(-c2ccc(NC(=O)N(Cc3cccs3)CC3CCCO3)cc2)n1. The number of carbonyl (C=O) groups is 2. The first kappa shape index (κ1) is 22.0. The Labute approximate surface area is 190 Å². The molecule has 0 saturated carbocycles. The first-order valence-electron chi connectivity index (χ1n) is 10.7. The monoisotopic (exact) mass is 454 g/mol. The van der Waals surface area contributed by atoms with Crippen LogP contribution in [0.5, 0.6) is 0 Å². The molecule has 1 fully saturated rings. The van der Waals surface area contributed by atoms with Gasteiger partial charge in [0.05, 0.1) is 24.9 Å². The van der Waals surface area contributed by atoms with Gasteiger partial charge in [0.25, 0.3) is 0 Å². The van der Waals surface area contributed by atoms with Gasteiger partial charge in [-0.15, -0.1) is 11.3 Å². The molecule has 32 heavy (non-hydrogen) atoms. The molecule has 2 aromatic heterocycles. The molecular weight excluding hydrogens is 428 g/mol. The zero-order valence-electron chi connectivity index (χ0n) is 17.9. The zero-order valence-corrected chi connectivity index (χ0v) is 18.7. The number of amides is 2. The van der Waals surface area contributed by atoms with E-state index in [-0.39, 0.29) is 17.8 Å². The highest BCUT2D eigenvalue weighted by molar-refractivity contribution is 7.09. The number of hydrogen-bond acceptors (Lipinski definition) is 6. The second kappa shape index (κ2) is 10.4. The molecule has 1 atom stereocenters. The molecule has 0 aliphatic carbocycles. The van der Waals surface area contributed by atoms with E-state index in [0.717, 1.165) is 30.0 Å². The topological polar surface area (TPSA) is 85.7 Å². The van der Waals surface area contributed by atoms with Crippen LogP contribution in [0, 0.1) is 0 Å². The second-order valence-corrected chi connectivity index (χ2v) is 8.47. The minimum absolute atomic E-state index is 0.0801. The minimum Gasteiger partial charge on any atom is -0.461 e. The Balaban J connectivity index is 1.41. The Kier molecular flexibility index (Phi) is 7.18. The number of anilines is 1. The molecule has 9 heteroatoms. The van der Waals surface area contributed by atoms with E-state index < -0.39 is 5.97 Å². The van der Waals surface area contributed by atoms with Gasteiger partial charge in [-0.25, -0.2) is 14.3 Å². The van der Waals surface area contributed by atoms with Crippen molar-refractivity contribution < 1.29 is 19.1 Å². The predicted octanol–water partition coefficient (Wildman–Crippen LogP) is 4.32. The van der Waals surface area contributed by atoms with Crippen LogP contribution >= 0.6 is 11.3 Å². The Hall–Kier alpha value is -3.17. The van der Waals surface area contributed by atoms with Crippen LogP contribution < -0.4 is 5.32 Å². The van der Waals surface area contributed by atoms with Crippen LogP contribution in [0.2, 0.25) is 0 Å². The maximum absolute atomic E-state index is 13.0. The third kappa shape index (κ3) is 5.54. The van der Waals surface area contributed by atoms with E-state index in [1.54, 1.807) is 40.1 Å². The van der Waals surface area contributed by atoms with Gasteiger partial charge in [-0.3, -0.25) is 0 Å². The van der Waals surface area contributed by atoms with Crippen LogP contribution in [0.25, 0.3) is 5.69 Å². The van der Waals surface area contributed by atoms with Gasteiger partial charge in [0.2, 0.25) is 0 Å². The first-order valence-corrected chi connectivity index (χ1v) is 11.5. The lowest BCUT2D eigenvalue weighted by Crippen LogP contribution is -2.39. The number of urea groups is 1. The van der Waals surface area contributed by atoms with Crippen LogP contribution in [-0.4, -0.2) is 52.5 Å². The third-order valence-corrected chi connectivity index (χ3v) is 5.98. The molecule has 168 valence electrons. The number of carbonyl (C=O) groups excluding carboxylic acids is 2. The molecule has 3 aromatic rings. The summed E-state index contributed by atoms with van der Waals surface area (Å²) >= 11 is 1.63. The normalized spacial score (nSPS) is 15.5. The molecule has 1 N–H and O–H groups in total. The predicted molar refractivity (Wildman–Crippen MR) is 122 cm³/mol. The van der Waals surface area contributed by atoms with E-state index in [4.69, 9.17) is 9.47 Å². The summed E-state index contributed by atoms with van der Waals surface area (Å²) < 4.78 is 12.3. The summed E-state index contributed by atoms with van der Waals surface area (Å²) in [6.07, 6.45) is 3.79.